The molecule has 0 spiro atoms. The predicted octanol–water partition coefficient (Wildman–Crippen LogP) is 1.03. The fourth-order valence-corrected chi connectivity index (χ4v) is 3.26. The van der Waals surface area contributed by atoms with Crippen LogP contribution in [0.25, 0.3) is 11.1 Å². The molecule has 158 valence electrons. The Balaban J connectivity index is 2.41. The largest absolute Gasteiger partial charge is 0.405 e. The van der Waals surface area contributed by atoms with Crippen LogP contribution in [0.4, 0.5) is 13.2 Å². The van der Waals surface area contributed by atoms with Crippen LogP contribution in [0, 0.1) is 11.3 Å². The molecule has 0 aliphatic carbocycles. The van der Waals surface area contributed by atoms with Crippen LogP contribution in [0.15, 0.2) is 45.3 Å². The van der Waals surface area contributed by atoms with Crippen LogP contribution in [0.5, 0.6) is 0 Å². The van der Waals surface area contributed by atoms with Gasteiger partial charge >= 0.3 is 6.18 Å². The second-order valence-electron chi connectivity index (χ2n) is 5.75. The first-order valence-electron chi connectivity index (χ1n) is 8.17. The zero-order valence-corrected chi connectivity index (χ0v) is 16.0. The molecule has 0 bridgehead atoms. The average molecular weight is 439 g/mol. The van der Waals surface area contributed by atoms with Gasteiger partial charge in [0, 0.05) is 17.2 Å². The highest BCUT2D eigenvalue weighted by molar-refractivity contribution is 8.00. The van der Waals surface area contributed by atoms with Gasteiger partial charge in [0.15, 0.2) is 0 Å². The van der Waals surface area contributed by atoms with E-state index in [9.17, 15) is 28.0 Å². The minimum Gasteiger partial charge on any atom is -0.343 e. The molecule has 30 heavy (non-hydrogen) atoms. The van der Waals surface area contributed by atoms with Crippen molar-refractivity contribution in [2.45, 2.75) is 11.2 Å². The van der Waals surface area contributed by atoms with Crippen LogP contribution in [0.2, 0.25) is 0 Å². The Hall–Kier alpha value is -3.50. The Morgan fingerprint density at radius 1 is 1.33 bits per heavy atom. The maximum atomic E-state index is 12.3. The molecule has 1 aromatic heterocycles. The number of hydrogen-bond donors (Lipinski definition) is 5. The third kappa shape index (κ3) is 6.00. The highest BCUT2D eigenvalue weighted by Crippen LogP contribution is 2.29. The van der Waals surface area contributed by atoms with Gasteiger partial charge in [-0.2, -0.15) is 23.5 Å². The molecule has 13 heteroatoms. The standard InChI is InChI=1S/C17H16F3N7O2S/c18-17(19,20)8-24-15(29)10-3-1-2-9(4-10)11-5-14(28)25-16(12(11)6-21)30-7-13(26-22)27-23/h1-5H,7-8,22-23H2,(H,24,29)(H,25,28)(H,26,27). The van der Waals surface area contributed by atoms with E-state index >= 15 is 0 Å². The third-order valence-corrected chi connectivity index (χ3v) is 4.69. The van der Waals surface area contributed by atoms with Crippen molar-refractivity contribution < 1.29 is 18.0 Å². The van der Waals surface area contributed by atoms with Gasteiger partial charge in [-0.05, 0) is 17.7 Å². The Morgan fingerprint density at radius 3 is 2.67 bits per heavy atom. The number of carbonyl (C=O) groups excluding carboxylic acids is 1. The predicted molar refractivity (Wildman–Crippen MR) is 105 cm³/mol. The molecule has 0 unspecified atom stereocenters. The quantitative estimate of drug-likeness (QED) is 0.148. The smallest absolute Gasteiger partial charge is 0.343 e. The molecule has 7 N–H and O–H groups in total. The number of halogens is 3. The summed E-state index contributed by atoms with van der Waals surface area (Å²) in [6.07, 6.45) is -4.55. The number of hydrazone groups is 1. The molecule has 0 aliphatic heterocycles. The van der Waals surface area contributed by atoms with Crippen molar-refractivity contribution in [1.29, 1.82) is 5.26 Å². The Labute approximate surface area is 172 Å². The van der Waals surface area contributed by atoms with E-state index in [0.29, 0.717) is 5.56 Å². The summed E-state index contributed by atoms with van der Waals surface area (Å²) < 4.78 is 37.0. The summed E-state index contributed by atoms with van der Waals surface area (Å²) in [5, 5.41) is 15.0. The first-order chi connectivity index (χ1) is 14.2. The van der Waals surface area contributed by atoms with Crippen molar-refractivity contribution in [2.24, 2.45) is 16.8 Å². The molecule has 1 heterocycles. The minimum absolute atomic E-state index is 0.0555. The first-order valence-corrected chi connectivity index (χ1v) is 9.16. The van der Waals surface area contributed by atoms with Crippen LogP contribution in [0.1, 0.15) is 15.9 Å². The van der Waals surface area contributed by atoms with Gasteiger partial charge in [-0.1, -0.05) is 23.9 Å². The highest BCUT2D eigenvalue weighted by atomic mass is 32.2. The molecule has 0 saturated heterocycles. The normalized spacial score (nSPS) is 11.6. The summed E-state index contributed by atoms with van der Waals surface area (Å²) in [6.45, 7) is -1.48. The van der Waals surface area contributed by atoms with Gasteiger partial charge in [0.2, 0.25) is 5.56 Å². The molecule has 0 fully saturated rings. The van der Waals surface area contributed by atoms with Gasteiger partial charge in [0.05, 0.1) is 16.3 Å². The van der Waals surface area contributed by atoms with E-state index in [4.69, 9.17) is 11.7 Å². The number of alkyl halides is 3. The lowest BCUT2D eigenvalue weighted by Crippen LogP contribution is -2.33. The zero-order chi connectivity index (χ0) is 22.3. The van der Waals surface area contributed by atoms with Gasteiger partial charge in [0.25, 0.3) is 5.91 Å². The van der Waals surface area contributed by atoms with E-state index in [1.54, 1.807) is 5.32 Å². The van der Waals surface area contributed by atoms with E-state index < -0.39 is 24.2 Å². The SMILES string of the molecule is N#Cc1c(-c2cccc(C(=O)NCC(F)(F)F)c2)cc(=O)[nH]c1SC/C(=N/N)NN. The Bertz CT molecular complexity index is 1060. The van der Waals surface area contributed by atoms with Crippen molar-refractivity contribution in [1.82, 2.24) is 15.7 Å². The van der Waals surface area contributed by atoms with Crippen molar-refractivity contribution in [3.63, 3.8) is 0 Å². The number of hydrazine groups is 1. The number of aromatic nitrogens is 1. The topological polar surface area (TPSA) is 162 Å². The van der Waals surface area contributed by atoms with Crippen LogP contribution in [-0.4, -0.2) is 35.2 Å². The number of nitrogens with zero attached hydrogens (tertiary/aromatic N) is 2. The molecule has 2 rings (SSSR count). The second-order valence-corrected chi connectivity index (χ2v) is 6.74. The number of pyridine rings is 1. The average Bonchev–Trinajstić information content (AvgIpc) is 2.72. The van der Waals surface area contributed by atoms with E-state index in [2.05, 4.69) is 15.5 Å². The molecule has 2 aromatic rings. The van der Waals surface area contributed by atoms with Gasteiger partial charge < -0.3 is 21.6 Å². The zero-order valence-electron chi connectivity index (χ0n) is 15.2. The van der Waals surface area contributed by atoms with Crippen molar-refractivity contribution in [2.75, 3.05) is 12.3 Å². The highest BCUT2D eigenvalue weighted by Gasteiger charge is 2.28. The Morgan fingerprint density at radius 2 is 2.07 bits per heavy atom. The molecule has 1 aromatic carbocycles. The summed E-state index contributed by atoms with van der Waals surface area (Å²) in [7, 11) is 0. The summed E-state index contributed by atoms with van der Waals surface area (Å²) >= 11 is 1.04. The van der Waals surface area contributed by atoms with Crippen LogP contribution < -0.4 is 28.0 Å². The van der Waals surface area contributed by atoms with Gasteiger partial charge in [0.1, 0.15) is 18.4 Å². The number of carbonyl (C=O) groups is 1. The summed E-state index contributed by atoms with van der Waals surface area (Å²) in [6, 6.07) is 8.72. The van der Waals surface area contributed by atoms with E-state index in [1.165, 1.54) is 24.3 Å². The van der Waals surface area contributed by atoms with Crippen molar-refractivity contribution >= 4 is 23.5 Å². The van der Waals surface area contributed by atoms with Gasteiger partial charge in [-0.25, -0.2) is 5.84 Å². The minimum atomic E-state index is -4.55. The van der Waals surface area contributed by atoms with Crippen LogP contribution in [0.3, 0.4) is 0 Å². The molecule has 0 radical (unpaired) electrons. The number of thioether (sulfide) groups is 1. The number of amidine groups is 1. The lowest BCUT2D eigenvalue weighted by atomic mass is 10.00. The van der Waals surface area contributed by atoms with Crippen molar-refractivity contribution in [3.8, 4) is 17.2 Å². The summed E-state index contributed by atoms with van der Waals surface area (Å²) in [5.74, 6) is 9.79. The molecule has 9 nitrogen and oxygen atoms in total. The van der Waals surface area contributed by atoms with Gasteiger partial charge in [-0.15, -0.1) is 0 Å². The maximum Gasteiger partial charge on any atom is 0.405 e. The maximum absolute atomic E-state index is 12.3. The Kier molecular flexibility index (Phi) is 7.45. The third-order valence-electron chi connectivity index (χ3n) is 3.68. The number of nitriles is 1. The lowest BCUT2D eigenvalue weighted by molar-refractivity contribution is -0.123. The number of aromatic amines is 1. The summed E-state index contributed by atoms with van der Waals surface area (Å²) in [5.41, 5.74) is 2.31. The van der Waals surface area contributed by atoms with E-state index in [1.807, 2.05) is 6.07 Å². The molecule has 1 amide bonds. The number of nitrogens with two attached hydrogens (primary N) is 2. The summed E-state index contributed by atoms with van der Waals surface area (Å²) in [4.78, 5) is 26.6. The molecule has 0 atom stereocenters. The molecule has 0 saturated carbocycles. The fourth-order valence-electron chi connectivity index (χ4n) is 2.35. The number of amides is 1. The van der Waals surface area contributed by atoms with Crippen LogP contribution >= 0.6 is 11.8 Å². The fraction of sp³-hybridized carbons (Fsp3) is 0.176. The number of nitrogens with one attached hydrogen (secondary N) is 3. The number of benzene rings is 1. The van der Waals surface area contributed by atoms with E-state index in [-0.39, 0.29) is 33.3 Å². The molecule has 0 aliphatic rings. The van der Waals surface area contributed by atoms with Crippen molar-refractivity contribution in [3.05, 3.63) is 51.8 Å². The molecular formula is C17H16F3N7O2S. The number of rotatable bonds is 6. The van der Waals surface area contributed by atoms with Gasteiger partial charge in [-0.3, -0.25) is 9.59 Å². The van der Waals surface area contributed by atoms with E-state index in [0.717, 1.165) is 17.8 Å². The monoisotopic (exact) mass is 439 g/mol. The number of hydrogen-bond acceptors (Lipinski definition) is 7. The molecular weight excluding hydrogens is 423 g/mol. The lowest BCUT2D eigenvalue weighted by Gasteiger charge is -2.11. The first kappa shape index (κ1) is 22.8. The number of H-pyrrole nitrogens is 1. The van der Waals surface area contributed by atoms with Crippen LogP contribution in [-0.2, 0) is 0 Å². The second kappa shape index (κ2) is 9.81.